The van der Waals surface area contributed by atoms with Gasteiger partial charge in [0.15, 0.2) is 6.29 Å². The Labute approximate surface area is 357 Å². The van der Waals surface area contributed by atoms with E-state index in [9.17, 15) is 9.59 Å². The van der Waals surface area contributed by atoms with E-state index in [1.54, 1.807) is 0 Å². The molecule has 0 aliphatic rings. The standard InChI is InChI=1S/C48H92N2O8/c1-6-11-14-17-19-20-21-22-23-24-25-26-27-28-31-35-46(51)55-42-45(44-58-49-57-41-34-38-50(9-4)10-5)43-56-47(52)36-37-48(53-39-32-29-16-13-8-3)54-40-33-30-18-15-12-7-2/h19-20,22-23,45,48-49H,6-18,21,24-44H2,1-5H3/b20-19-,23-22-. The third-order valence-corrected chi connectivity index (χ3v) is 10.3. The minimum absolute atomic E-state index is 0.0705. The quantitative estimate of drug-likeness (QED) is 0.0210. The van der Waals surface area contributed by atoms with Crippen molar-refractivity contribution < 1.29 is 38.2 Å². The molecule has 0 aromatic rings. The van der Waals surface area contributed by atoms with Crippen LogP contribution in [0, 0.1) is 5.92 Å². The lowest BCUT2D eigenvalue weighted by atomic mass is 10.1. The summed E-state index contributed by atoms with van der Waals surface area (Å²) in [5.41, 5.74) is 2.56. The van der Waals surface area contributed by atoms with Gasteiger partial charge in [-0.3, -0.25) is 19.3 Å². The number of nitrogens with one attached hydrogen (secondary N) is 1. The molecule has 1 N–H and O–H groups in total. The van der Waals surface area contributed by atoms with E-state index >= 15 is 0 Å². The smallest absolute Gasteiger partial charge is 0.305 e. The molecular weight excluding hydrogens is 733 g/mol. The van der Waals surface area contributed by atoms with Gasteiger partial charge in [0.05, 0.1) is 38.8 Å². The average molecular weight is 825 g/mol. The third-order valence-electron chi connectivity index (χ3n) is 10.3. The Kier molecular flexibility index (Phi) is 44.8. The van der Waals surface area contributed by atoms with Crippen LogP contribution in [-0.4, -0.2) is 82.4 Å². The van der Waals surface area contributed by atoms with Gasteiger partial charge >= 0.3 is 11.9 Å². The summed E-state index contributed by atoms with van der Waals surface area (Å²) in [7, 11) is 0. The van der Waals surface area contributed by atoms with Crippen molar-refractivity contribution in [3.63, 3.8) is 0 Å². The number of unbranched alkanes of at least 4 members (excludes halogenated alkanes) is 17. The maximum Gasteiger partial charge on any atom is 0.305 e. The summed E-state index contributed by atoms with van der Waals surface area (Å²) in [6.45, 7) is 16.0. The molecule has 0 bridgehead atoms. The molecule has 0 aliphatic heterocycles. The minimum Gasteiger partial charge on any atom is -0.465 e. The molecule has 0 rings (SSSR count). The van der Waals surface area contributed by atoms with Crippen molar-refractivity contribution in [2.75, 3.05) is 59.3 Å². The topological polar surface area (TPSA) is 105 Å². The van der Waals surface area contributed by atoms with Gasteiger partial charge in [-0.25, -0.2) is 0 Å². The Hall–Kier alpha value is -1.82. The summed E-state index contributed by atoms with van der Waals surface area (Å²) in [6.07, 6.45) is 36.0. The monoisotopic (exact) mass is 825 g/mol. The zero-order valence-electron chi connectivity index (χ0n) is 38.4. The van der Waals surface area contributed by atoms with Crippen molar-refractivity contribution in [3.05, 3.63) is 24.3 Å². The summed E-state index contributed by atoms with van der Waals surface area (Å²) in [5, 5.41) is 0. The van der Waals surface area contributed by atoms with Crippen LogP contribution < -0.4 is 5.64 Å². The normalized spacial score (nSPS) is 12.9. The molecule has 0 heterocycles. The Balaban J connectivity index is 4.70. The van der Waals surface area contributed by atoms with Crippen molar-refractivity contribution in [2.24, 2.45) is 5.92 Å². The van der Waals surface area contributed by atoms with E-state index < -0.39 is 6.29 Å². The number of nitrogens with zero attached hydrogens (tertiary/aromatic N) is 1. The van der Waals surface area contributed by atoms with Crippen molar-refractivity contribution in [2.45, 2.75) is 208 Å². The second kappa shape index (κ2) is 46.2. The fraction of sp³-hybridized carbons (Fsp3) is 0.875. The molecule has 0 spiro atoms. The summed E-state index contributed by atoms with van der Waals surface area (Å²) in [5.74, 6) is -0.912. The Morgan fingerprint density at radius 2 is 1.02 bits per heavy atom. The number of esters is 2. The molecule has 2 atom stereocenters. The Morgan fingerprint density at radius 1 is 0.517 bits per heavy atom. The van der Waals surface area contributed by atoms with Crippen molar-refractivity contribution in [1.29, 1.82) is 0 Å². The Morgan fingerprint density at radius 3 is 1.60 bits per heavy atom. The second-order valence-electron chi connectivity index (χ2n) is 15.7. The van der Waals surface area contributed by atoms with Crippen molar-refractivity contribution in [1.82, 2.24) is 10.5 Å². The highest BCUT2D eigenvalue weighted by molar-refractivity contribution is 5.69. The largest absolute Gasteiger partial charge is 0.465 e. The SMILES string of the molecule is CCCCC/C=C\C/C=C\CCCCCCCC(=O)OCC(CONOCCCN(CC)CC)COC(=O)CCC(OCCCCCCC)OCCCCCCCC. The highest BCUT2D eigenvalue weighted by Crippen LogP contribution is 2.13. The van der Waals surface area contributed by atoms with Crippen molar-refractivity contribution >= 4 is 11.9 Å². The first-order valence-electron chi connectivity index (χ1n) is 24.1. The number of ether oxygens (including phenoxy) is 4. The summed E-state index contributed by atoms with van der Waals surface area (Å²) >= 11 is 0. The molecule has 0 aliphatic carbocycles. The van der Waals surface area contributed by atoms with Gasteiger partial charge in [0.1, 0.15) is 0 Å². The first-order valence-corrected chi connectivity index (χ1v) is 24.1. The molecule has 0 radical (unpaired) electrons. The second-order valence-corrected chi connectivity index (χ2v) is 15.7. The van der Waals surface area contributed by atoms with Crippen molar-refractivity contribution in [3.8, 4) is 0 Å². The molecule has 0 aromatic heterocycles. The van der Waals surface area contributed by atoms with E-state index in [0.29, 0.717) is 32.7 Å². The summed E-state index contributed by atoms with van der Waals surface area (Å²) < 4.78 is 23.5. The molecule has 0 fully saturated rings. The third kappa shape index (κ3) is 40.9. The maximum atomic E-state index is 12.9. The van der Waals surface area contributed by atoms with E-state index in [-0.39, 0.29) is 44.1 Å². The van der Waals surface area contributed by atoms with Gasteiger partial charge in [-0.05, 0) is 70.9 Å². The zero-order chi connectivity index (χ0) is 42.4. The van der Waals surface area contributed by atoms with Gasteiger partial charge in [0.25, 0.3) is 0 Å². The number of rotatable bonds is 46. The lowest BCUT2D eigenvalue weighted by Crippen LogP contribution is -2.29. The highest BCUT2D eigenvalue weighted by Gasteiger charge is 2.18. The fourth-order valence-corrected chi connectivity index (χ4v) is 6.39. The predicted octanol–water partition coefficient (Wildman–Crippen LogP) is 12.2. The molecule has 10 nitrogen and oxygen atoms in total. The van der Waals surface area contributed by atoms with Crippen LogP contribution >= 0.6 is 0 Å². The van der Waals surface area contributed by atoms with Gasteiger partial charge < -0.3 is 23.8 Å². The van der Waals surface area contributed by atoms with Crippen LogP contribution in [0.5, 0.6) is 0 Å². The molecule has 342 valence electrons. The number of hydrogen-bond donors (Lipinski definition) is 1. The van der Waals surface area contributed by atoms with E-state index in [2.05, 4.69) is 69.5 Å². The van der Waals surface area contributed by atoms with Crippen LogP contribution in [0.3, 0.4) is 0 Å². The lowest BCUT2D eigenvalue weighted by Gasteiger charge is -2.20. The number of hydrogen-bond acceptors (Lipinski definition) is 10. The van der Waals surface area contributed by atoms with Crippen LogP contribution in [0.25, 0.3) is 0 Å². The molecule has 10 heteroatoms. The fourth-order valence-electron chi connectivity index (χ4n) is 6.39. The number of allylic oxidation sites excluding steroid dienone is 4. The molecule has 0 amide bonds. The Bertz CT molecular complexity index is 929. The van der Waals surface area contributed by atoms with Gasteiger partial charge in [0.2, 0.25) is 0 Å². The molecular formula is C48H92N2O8. The molecule has 0 saturated carbocycles. The van der Waals surface area contributed by atoms with Gasteiger partial charge in [-0.15, -0.1) is 0 Å². The van der Waals surface area contributed by atoms with Gasteiger partial charge in [0, 0.05) is 32.6 Å². The van der Waals surface area contributed by atoms with Gasteiger partial charge in [-0.2, -0.15) is 0 Å². The maximum absolute atomic E-state index is 12.9. The summed E-state index contributed by atoms with van der Waals surface area (Å²) in [6, 6.07) is 0. The van der Waals surface area contributed by atoms with E-state index in [4.69, 9.17) is 28.6 Å². The molecule has 0 saturated heterocycles. The van der Waals surface area contributed by atoms with E-state index in [0.717, 1.165) is 83.8 Å². The van der Waals surface area contributed by atoms with Crippen LogP contribution in [-0.2, 0) is 38.2 Å². The first-order chi connectivity index (χ1) is 28.5. The first kappa shape index (κ1) is 56.2. The van der Waals surface area contributed by atoms with E-state index in [1.165, 1.54) is 83.5 Å². The highest BCUT2D eigenvalue weighted by atomic mass is 16.9. The molecule has 2 unspecified atom stereocenters. The predicted molar refractivity (Wildman–Crippen MR) is 239 cm³/mol. The van der Waals surface area contributed by atoms with Crippen LogP contribution in [0.2, 0.25) is 0 Å². The average Bonchev–Trinajstić information content (AvgIpc) is 3.23. The molecule has 0 aromatic carbocycles. The lowest BCUT2D eigenvalue weighted by molar-refractivity contribution is -0.186. The van der Waals surface area contributed by atoms with Crippen LogP contribution in [0.4, 0.5) is 0 Å². The van der Waals surface area contributed by atoms with E-state index in [1.807, 2.05) is 0 Å². The van der Waals surface area contributed by atoms with Gasteiger partial charge in [-0.1, -0.05) is 154 Å². The molecule has 58 heavy (non-hydrogen) atoms. The number of carbonyl (C=O) groups excluding carboxylic acids is 2. The van der Waals surface area contributed by atoms with Crippen LogP contribution in [0.1, 0.15) is 202 Å². The minimum atomic E-state index is -0.424. The van der Waals surface area contributed by atoms with Crippen LogP contribution in [0.15, 0.2) is 24.3 Å². The summed E-state index contributed by atoms with van der Waals surface area (Å²) in [4.78, 5) is 38.9. The zero-order valence-corrected chi connectivity index (χ0v) is 38.4. The number of carbonyl (C=O) groups is 2.